The Morgan fingerprint density at radius 2 is 1.66 bits per heavy atom. The molecule has 1 aliphatic carbocycles. The highest BCUT2D eigenvalue weighted by Crippen LogP contribution is 2.47. The molecule has 0 radical (unpaired) electrons. The van der Waals surface area contributed by atoms with Gasteiger partial charge in [-0.25, -0.2) is 4.79 Å². The Labute approximate surface area is 205 Å². The van der Waals surface area contributed by atoms with Gasteiger partial charge in [-0.05, 0) is 54.9 Å². The van der Waals surface area contributed by atoms with Gasteiger partial charge < -0.3 is 23.8 Å². The van der Waals surface area contributed by atoms with Crippen LogP contribution in [0.25, 0.3) is 0 Å². The van der Waals surface area contributed by atoms with Crippen molar-refractivity contribution in [3.8, 4) is 11.5 Å². The first-order valence-corrected chi connectivity index (χ1v) is 11.8. The van der Waals surface area contributed by atoms with Gasteiger partial charge in [0.25, 0.3) is 0 Å². The molecular formula is C27H31NO7. The van der Waals surface area contributed by atoms with Gasteiger partial charge >= 0.3 is 12.1 Å². The summed E-state index contributed by atoms with van der Waals surface area (Å²) in [5.41, 5.74) is 0.869. The lowest BCUT2D eigenvalue weighted by Gasteiger charge is -2.35. The molecule has 1 aliphatic heterocycles. The Kier molecular flexibility index (Phi) is 7.28. The minimum Gasteiger partial charge on any atom is -0.493 e. The van der Waals surface area contributed by atoms with Crippen LogP contribution in [-0.2, 0) is 27.3 Å². The second-order valence-electron chi connectivity index (χ2n) is 9.12. The molecule has 0 bridgehead atoms. The van der Waals surface area contributed by atoms with E-state index in [9.17, 15) is 14.4 Å². The maximum absolute atomic E-state index is 13.6. The lowest BCUT2D eigenvalue weighted by atomic mass is 9.73. The Balaban J connectivity index is 1.42. The number of nitrogens with zero attached hydrogens (tertiary/aromatic N) is 1. The van der Waals surface area contributed by atoms with Gasteiger partial charge in [0, 0.05) is 18.7 Å². The predicted molar refractivity (Wildman–Crippen MR) is 128 cm³/mol. The first-order chi connectivity index (χ1) is 16.9. The maximum Gasteiger partial charge on any atom is 0.410 e. The fraction of sp³-hybridized carbons (Fsp3) is 0.444. The number of hydrogen-bond donors (Lipinski definition) is 0. The fourth-order valence-electron chi connectivity index (χ4n) is 5.17. The third-order valence-electron chi connectivity index (χ3n) is 7.07. The van der Waals surface area contributed by atoms with Crippen molar-refractivity contribution in [2.45, 2.75) is 32.3 Å². The number of benzene rings is 2. The molecule has 0 spiro atoms. The van der Waals surface area contributed by atoms with Crippen molar-refractivity contribution < 1.29 is 33.3 Å². The first-order valence-electron chi connectivity index (χ1n) is 11.8. The molecule has 0 N–H and O–H groups in total. The number of ether oxygens (including phenoxy) is 4. The van der Waals surface area contributed by atoms with Crippen molar-refractivity contribution in [1.82, 2.24) is 4.90 Å². The number of piperidine rings is 1. The van der Waals surface area contributed by atoms with Gasteiger partial charge in [0.2, 0.25) is 0 Å². The Bertz CT molecular complexity index is 1090. The largest absolute Gasteiger partial charge is 0.493 e. The number of Topliss-reactive ketones (excluding diaryl/α,β-unsaturated/α-hetero) is 1. The normalized spacial score (nSPS) is 19.7. The molecule has 1 heterocycles. The second-order valence-corrected chi connectivity index (χ2v) is 9.12. The number of esters is 1. The molecule has 1 saturated heterocycles. The van der Waals surface area contributed by atoms with Crippen LogP contribution in [-0.4, -0.2) is 57.2 Å². The van der Waals surface area contributed by atoms with Gasteiger partial charge in [-0.3, -0.25) is 9.59 Å². The zero-order valence-electron chi connectivity index (χ0n) is 20.4. The van der Waals surface area contributed by atoms with E-state index in [0.29, 0.717) is 49.4 Å². The zero-order valence-corrected chi connectivity index (χ0v) is 20.4. The lowest BCUT2D eigenvalue weighted by Crippen LogP contribution is -2.44. The number of carbonyl (C=O) groups is 3. The number of hydrogen-bond acceptors (Lipinski definition) is 7. The summed E-state index contributed by atoms with van der Waals surface area (Å²) in [4.78, 5) is 40.8. The monoisotopic (exact) mass is 481 g/mol. The van der Waals surface area contributed by atoms with Gasteiger partial charge in [0.05, 0.1) is 21.3 Å². The van der Waals surface area contributed by atoms with E-state index in [1.54, 1.807) is 17.0 Å². The van der Waals surface area contributed by atoms with E-state index in [4.69, 9.17) is 18.9 Å². The van der Waals surface area contributed by atoms with Crippen LogP contribution >= 0.6 is 0 Å². The van der Waals surface area contributed by atoms with E-state index in [1.807, 2.05) is 30.3 Å². The van der Waals surface area contributed by atoms with Crippen LogP contribution in [0.1, 0.15) is 40.7 Å². The lowest BCUT2D eigenvalue weighted by molar-refractivity contribution is -0.150. The van der Waals surface area contributed by atoms with E-state index in [-0.39, 0.29) is 30.8 Å². The molecule has 0 aromatic heterocycles. The summed E-state index contributed by atoms with van der Waals surface area (Å²) in [6.45, 7) is 1.25. The molecule has 2 aromatic carbocycles. The van der Waals surface area contributed by atoms with Gasteiger partial charge in [-0.15, -0.1) is 0 Å². The van der Waals surface area contributed by atoms with Crippen molar-refractivity contribution in [2.75, 3.05) is 34.4 Å². The summed E-state index contributed by atoms with van der Waals surface area (Å²) in [6.07, 6.45) is 1.63. The van der Waals surface area contributed by atoms with Gasteiger partial charge in [0.1, 0.15) is 12.0 Å². The molecule has 8 nitrogen and oxygen atoms in total. The van der Waals surface area contributed by atoms with Crippen LogP contribution in [0.2, 0.25) is 0 Å². The van der Waals surface area contributed by atoms with E-state index in [1.165, 1.54) is 21.3 Å². The van der Waals surface area contributed by atoms with Crippen molar-refractivity contribution >= 4 is 17.8 Å². The van der Waals surface area contributed by atoms with E-state index in [2.05, 4.69) is 0 Å². The average molecular weight is 482 g/mol. The predicted octanol–water partition coefficient (Wildman–Crippen LogP) is 4.04. The number of fused-ring (bicyclic) bond motifs is 1. The van der Waals surface area contributed by atoms with Crippen molar-refractivity contribution in [1.29, 1.82) is 0 Å². The van der Waals surface area contributed by atoms with Crippen LogP contribution in [0.5, 0.6) is 11.5 Å². The Morgan fingerprint density at radius 3 is 2.29 bits per heavy atom. The number of amides is 1. The number of carbonyl (C=O) groups excluding carboxylic acids is 3. The van der Waals surface area contributed by atoms with E-state index < -0.39 is 11.4 Å². The van der Waals surface area contributed by atoms with Crippen LogP contribution in [0.3, 0.4) is 0 Å². The number of ketones is 1. The zero-order chi connectivity index (χ0) is 25.0. The SMILES string of the molecule is COC(=O)C1(CC2CCN(C(=O)OCc3ccccc3)CC2)Cc2cc(OC)c(OC)cc2C1=O. The molecule has 35 heavy (non-hydrogen) atoms. The summed E-state index contributed by atoms with van der Waals surface area (Å²) in [5, 5.41) is 0. The smallest absolute Gasteiger partial charge is 0.410 e. The van der Waals surface area contributed by atoms with Crippen molar-refractivity contribution in [3.05, 3.63) is 59.2 Å². The van der Waals surface area contributed by atoms with Gasteiger partial charge in [0.15, 0.2) is 17.3 Å². The second kappa shape index (κ2) is 10.4. The molecule has 2 aromatic rings. The van der Waals surface area contributed by atoms with Gasteiger partial charge in [-0.2, -0.15) is 0 Å². The summed E-state index contributed by atoms with van der Waals surface area (Å²) in [7, 11) is 4.36. The average Bonchev–Trinajstić information content (AvgIpc) is 3.17. The topological polar surface area (TPSA) is 91.4 Å². The number of methoxy groups -OCH3 is 3. The number of rotatable bonds is 7. The first kappa shape index (κ1) is 24.6. The highest BCUT2D eigenvalue weighted by Gasteiger charge is 2.54. The Hall–Kier alpha value is -3.55. The molecule has 1 atom stereocenters. The summed E-state index contributed by atoms with van der Waals surface area (Å²) in [5.74, 6) is 0.283. The minimum absolute atomic E-state index is 0.0920. The molecule has 186 valence electrons. The molecule has 0 saturated carbocycles. The molecular weight excluding hydrogens is 450 g/mol. The van der Waals surface area contributed by atoms with E-state index in [0.717, 1.165) is 11.1 Å². The molecule has 8 heteroatoms. The standard InChI is InChI=1S/C27H31NO7/c1-32-22-13-20-16-27(25(30)34-3,24(29)21(20)14-23(22)33-2)15-18-9-11-28(12-10-18)26(31)35-17-19-7-5-4-6-8-19/h4-8,13-14,18H,9-12,15-17H2,1-3H3. The van der Waals surface area contributed by atoms with Crippen molar-refractivity contribution in [2.24, 2.45) is 11.3 Å². The van der Waals surface area contributed by atoms with Crippen LogP contribution in [0.15, 0.2) is 42.5 Å². The van der Waals surface area contributed by atoms with Crippen LogP contribution < -0.4 is 9.47 Å². The molecule has 1 fully saturated rings. The van der Waals surface area contributed by atoms with E-state index >= 15 is 0 Å². The van der Waals surface area contributed by atoms with Crippen molar-refractivity contribution in [3.63, 3.8) is 0 Å². The molecule has 1 unspecified atom stereocenters. The molecule has 2 aliphatic rings. The molecule has 4 rings (SSSR count). The highest BCUT2D eigenvalue weighted by atomic mass is 16.6. The van der Waals surface area contributed by atoms with Crippen LogP contribution in [0, 0.1) is 11.3 Å². The fourth-order valence-corrected chi connectivity index (χ4v) is 5.17. The summed E-state index contributed by atoms with van der Waals surface area (Å²) in [6, 6.07) is 13.0. The minimum atomic E-state index is -1.28. The highest BCUT2D eigenvalue weighted by molar-refractivity contribution is 6.16. The van der Waals surface area contributed by atoms with Gasteiger partial charge in [-0.1, -0.05) is 30.3 Å². The maximum atomic E-state index is 13.6. The van der Waals surface area contributed by atoms with Crippen LogP contribution in [0.4, 0.5) is 4.79 Å². The molecule has 1 amide bonds. The number of likely N-dealkylation sites (tertiary alicyclic amines) is 1. The quantitative estimate of drug-likeness (QED) is 0.435. The third kappa shape index (κ3) is 4.83. The summed E-state index contributed by atoms with van der Waals surface area (Å²) >= 11 is 0. The third-order valence-corrected chi connectivity index (χ3v) is 7.07. The Morgan fingerprint density at radius 1 is 1.00 bits per heavy atom. The summed E-state index contributed by atoms with van der Waals surface area (Å²) < 4.78 is 21.3.